The number of aromatic nitrogens is 2. The topological polar surface area (TPSA) is 70.9 Å². The summed E-state index contributed by atoms with van der Waals surface area (Å²) in [7, 11) is 3.21. The number of benzene rings is 1. The summed E-state index contributed by atoms with van der Waals surface area (Å²) in [6, 6.07) is 7.63. The van der Waals surface area contributed by atoms with E-state index in [2.05, 4.69) is 16.0 Å². The van der Waals surface area contributed by atoms with E-state index in [1.807, 2.05) is 19.1 Å². The smallest absolute Gasteiger partial charge is 0.141 e. The maximum Gasteiger partial charge on any atom is 0.141 e. The SMILES string of the molecule is COc1ccc(-c2nc(CC#N)c(C)[nH]2)c(OC)c1. The van der Waals surface area contributed by atoms with Gasteiger partial charge in [0, 0.05) is 11.8 Å². The zero-order chi connectivity index (χ0) is 13.8. The van der Waals surface area contributed by atoms with Gasteiger partial charge in [-0.2, -0.15) is 5.26 Å². The lowest BCUT2D eigenvalue weighted by Crippen LogP contribution is -1.91. The van der Waals surface area contributed by atoms with Crippen LogP contribution < -0.4 is 9.47 Å². The van der Waals surface area contributed by atoms with Gasteiger partial charge in [0.2, 0.25) is 0 Å². The molecule has 1 N–H and O–H groups in total. The van der Waals surface area contributed by atoms with Crippen molar-refractivity contribution < 1.29 is 9.47 Å². The first-order valence-corrected chi connectivity index (χ1v) is 5.84. The second-order valence-electron chi connectivity index (χ2n) is 4.06. The van der Waals surface area contributed by atoms with E-state index in [0.29, 0.717) is 18.0 Å². The minimum atomic E-state index is 0.292. The van der Waals surface area contributed by atoms with Crippen molar-refractivity contribution in [2.75, 3.05) is 14.2 Å². The summed E-state index contributed by atoms with van der Waals surface area (Å²) >= 11 is 0. The number of rotatable bonds is 4. The molecule has 0 atom stereocenters. The maximum atomic E-state index is 8.75. The summed E-state index contributed by atoms with van der Waals surface area (Å²) < 4.78 is 10.5. The van der Waals surface area contributed by atoms with Crippen LogP contribution in [0.5, 0.6) is 11.5 Å². The molecule has 19 heavy (non-hydrogen) atoms. The largest absolute Gasteiger partial charge is 0.497 e. The van der Waals surface area contributed by atoms with E-state index < -0.39 is 0 Å². The van der Waals surface area contributed by atoms with Gasteiger partial charge in [-0.05, 0) is 19.1 Å². The molecule has 0 fully saturated rings. The molecule has 0 saturated heterocycles. The van der Waals surface area contributed by atoms with Gasteiger partial charge in [0.05, 0.1) is 38.0 Å². The molecule has 0 unspecified atom stereocenters. The maximum absolute atomic E-state index is 8.75. The highest BCUT2D eigenvalue weighted by Gasteiger charge is 2.13. The zero-order valence-electron chi connectivity index (χ0n) is 11.2. The lowest BCUT2D eigenvalue weighted by Gasteiger charge is -2.08. The molecule has 0 radical (unpaired) electrons. The van der Waals surface area contributed by atoms with Crippen LogP contribution in [0, 0.1) is 18.3 Å². The number of ether oxygens (including phenoxy) is 2. The Bertz CT molecular complexity index is 626. The first kappa shape index (κ1) is 13.0. The molecular formula is C14H15N3O2. The van der Waals surface area contributed by atoms with Crippen molar-refractivity contribution in [3.8, 4) is 29.0 Å². The number of aryl methyl sites for hydroxylation is 1. The highest BCUT2D eigenvalue weighted by molar-refractivity contribution is 5.66. The quantitative estimate of drug-likeness (QED) is 0.913. The summed E-state index contributed by atoms with van der Waals surface area (Å²) in [6.07, 6.45) is 0.292. The third-order valence-electron chi connectivity index (χ3n) is 2.90. The molecule has 0 bridgehead atoms. The molecule has 2 rings (SSSR count). The predicted octanol–water partition coefficient (Wildman–Crippen LogP) is 2.47. The monoisotopic (exact) mass is 257 g/mol. The molecule has 1 aromatic carbocycles. The molecule has 0 saturated carbocycles. The fourth-order valence-electron chi connectivity index (χ4n) is 1.87. The molecule has 0 spiro atoms. The second-order valence-corrected chi connectivity index (χ2v) is 4.06. The Morgan fingerprint density at radius 3 is 2.74 bits per heavy atom. The number of hydrogen-bond acceptors (Lipinski definition) is 4. The molecular weight excluding hydrogens is 242 g/mol. The van der Waals surface area contributed by atoms with Crippen LogP contribution in [0.25, 0.3) is 11.4 Å². The zero-order valence-corrected chi connectivity index (χ0v) is 11.2. The first-order chi connectivity index (χ1) is 9.19. The minimum absolute atomic E-state index is 0.292. The van der Waals surface area contributed by atoms with Gasteiger partial charge in [-0.1, -0.05) is 0 Å². The lowest BCUT2D eigenvalue weighted by atomic mass is 10.2. The molecule has 0 aliphatic heterocycles. The molecule has 1 heterocycles. The van der Waals surface area contributed by atoms with E-state index >= 15 is 0 Å². The molecule has 98 valence electrons. The fraction of sp³-hybridized carbons (Fsp3) is 0.286. The van der Waals surface area contributed by atoms with Crippen LogP contribution in [-0.4, -0.2) is 24.2 Å². The van der Waals surface area contributed by atoms with Crippen LogP contribution in [0.4, 0.5) is 0 Å². The molecule has 2 aromatic rings. The van der Waals surface area contributed by atoms with Crippen molar-refractivity contribution in [2.24, 2.45) is 0 Å². The lowest BCUT2D eigenvalue weighted by molar-refractivity contribution is 0.395. The number of nitrogens with one attached hydrogen (secondary N) is 1. The third kappa shape index (κ3) is 2.52. The van der Waals surface area contributed by atoms with Gasteiger partial charge in [0.15, 0.2) is 0 Å². The van der Waals surface area contributed by atoms with Gasteiger partial charge >= 0.3 is 0 Å². The van der Waals surface area contributed by atoms with E-state index in [1.165, 1.54) is 0 Å². The Morgan fingerprint density at radius 2 is 2.11 bits per heavy atom. The average molecular weight is 257 g/mol. The Hall–Kier alpha value is -2.48. The van der Waals surface area contributed by atoms with Crippen molar-refractivity contribution in [2.45, 2.75) is 13.3 Å². The Balaban J connectivity index is 2.47. The van der Waals surface area contributed by atoms with E-state index in [-0.39, 0.29) is 0 Å². The highest BCUT2D eigenvalue weighted by Crippen LogP contribution is 2.32. The van der Waals surface area contributed by atoms with E-state index in [4.69, 9.17) is 14.7 Å². The van der Waals surface area contributed by atoms with E-state index in [9.17, 15) is 0 Å². The standard InChI is InChI=1S/C14H15N3O2/c1-9-12(6-7-15)17-14(16-9)11-5-4-10(18-2)8-13(11)19-3/h4-5,8H,6H2,1-3H3,(H,16,17). The molecule has 0 aliphatic rings. The van der Waals surface area contributed by atoms with Gasteiger partial charge in [-0.15, -0.1) is 0 Å². The second kappa shape index (κ2) is 5.44. The van der Waals surface area contributed by atoms with Crippen LogP contribution in [0.15, 0.2) is 18.2 Å². The van der Waals surface area contributed by atoms with Crippen LogP contribution in [-0.2, 0) is 6.42 Å². The van der Waals surface area contributed by atoms with E-state index in [1.54, 1.807) is 20.3 Å². The van der Waals surface area contributed by atoms with Gasteiger partial charge in [-0.3, -0.25) is 0 Å². The number of imidazole rings is 1. The van der Waals surface area contributed by atoms with Crippen LogP contribution in [0.3, 0.4) is 0 Å². The molecule has 0 amide bonds. The van der Waals surface area contributed by atoms with Crippen molar-refractivity contribution in [3.05, 3.63) is 29.6 Å². The van der Waals surface area contributed by atoms with Crippen molar-refractivity contribution in [1.29, 1.82) is 5.26 Å². The number of methoxy groups -OCH3 is 2. The number of hydrogen-bond donors (Lipinski definition) is 1. The van der Waals surface area contributed by atoms with Gasteiger partial charge in [0.1, 0.15) is 17.3 Å². The summed E-state index contributed by atoms with van der Waals surface area (Å²) in [5.41, 5.74) is 2.50. The molecule has 5 heteroatoms. The van der Waals surface area contributed by atoms with Crippen LogP contribution >= 0.6 is 0 Å². The normalized spacial score (nSPS) is 10.0. The van der Waals surface area contributed by atoms with E-state index in [0.717, 1.165) is 22.7 Å². The van der Waals surface area contributed by atoms with Crippen LogP contribution in [0.2, 0.25) is 0 Å². The summed E-state index contributed by atoms with van der Waals surface area (Å²) in [5.74, 6) is 2.10. The molecule has 1 aromatic heterocycles. The summed E-state index contributed by atoms with van der Waals surface area (Å²) in [4.78, 5) is 7.61. The number of H-pyrrole nitrogens is 1. The Morgan fingerprint density at radius 1 is 1.32 bits per heavy atom. The van der Waals surface area contributed by atoms with Crippen molar-refractivity contribution >= 4 is 0 Å². The predicted molar refractivity (Wildman–Crippen MR) is 71.2 cm³/mol. The van der Waals surface area contributed by atoms with Crippen molar-refractivity contribution in [3.63, 3.8) is 0 Å². The Labute approximate surface area is 111 Å². The minimum Gasteiger partial charge on any atom is -0.497 e. The highest BCUT2D eigenvalue weighted by atomic mass is 16.5. The summed E-state index contributed by atoms with van der Waals surface area (Å²) in [5, 5.41) is 8.75. The molecule has 5 nitrogen and oxygen atoms in total. The first-order valence-electron chi connectivity index (χ1n) is 5.84. The van der Waals surface area contributed by atoms with Gasteiger partial charge in [-0.25, -0.2) is 4.98 Å². The summed E-state index contributed by atoms with van der Waals surface area (Å²) in [6.45, 7) is 1.90. The molecule has 0 aliphatic carbocycles. The fourth-order valence-corrected chi connectivity index (χ4v) is 1.87. The van der Waals surface area contributed by atoms with Gasteiger partial charge < -0.3 is 14.5 Å². The van der Waals surface area contributed by atoms with Gasteiger partial charge in [0.25, 0.3) is 0 Å². The van der Waals surface area contributed by atoms with Crippen molar-refractivity contribution in [1.82, 2.24) is 9.97 Å². The number of nitrogens with zero attached hydrogens (tertiary/aromatic N) is 2. The average Bonchev–Trinajstić information content (AvgIpc) is 2.79. The third-order valence-corrected chi connectivity index (χ3v) is 2.90. The van der Waals surface area contributed by atoms with Crippen LogP contribution in [0.1, 0.15) is 11.4 Å². The number of nitriles is 1. The number of aromatic amines is 1. The Kier molecular flexibility index (Phi) is 3.71.